The second kappa shape index (κ2) is 60.7. The van der Waals surface area contributed by atoms with E-state index in [-0.39, 0.29) is 32.8 Å². The zero-order valence-electron chi connectivity index (χ0n) is 53.6. The minimum Gasteiger partial charge on any atom is -0.744 e. The molecule has 0 spiro atoms. The third kappa shape index (κ3) is 56.6. The molecule has 0 atom stereocenters. The fraction of sp³-hybridized carbons (Fsp3) is 0.833. The molecule has 0 amide bonds. The van der Waals surface area contributed by atoms with Gasteiger partial charge in [-0.05, 0) is 61.1 Å². The largest absolute Gasteiger partial charge is 2.00 e. The number of benzene rings is 2. The molecule has 0 fully saturated rings. The summed E-state index contributed by atoms with van der Waals surface area (Å²) in [7, 11) is -8.66. The summed E-state index contributed by atoms with van der Waals surface area (Å²) in [5, 5.41) is 0. The van der Waals surface area contributed by atoms with Crippen LogP contribution in [0.2, 0.25) is 0 Å². The zero-order valence-corrected chi connectivity index (χ0v) is 56.7. The Kier molecular flexibility index (Phi) is 60.0. The average Bonchev–Trinajstić information content (AvgIpc) is 3.44. The van der Waals surface area contributed by atoms with Gasteiger partial charge in [0.2, 0.25) is 0 Å². The van der Waals surface area contributed by atoms with Crippen molar-refractivity contribution in [2.24, 2.45) is 0 Å². The van der Waals surface area contributed by atoms with E-state index in [4.69, 9.17) is 0 Å². The molecule has 0 aliphatic rings. The molecule has 0 unspecified atom stereocenters. The first-order chi connectivity index (χ1) is 39.1. The quantitative estimate of drug-likeness (QED) is 0.0370. The van der Waals surface area contributed by atoms with E-state index in [9.17, 15) is 25.9 Å². The molecule has 6 nitrogen and oxygen atoms in total. The fourth-order valence-corrected chi connectivity index (χ4v) is 12.6. The van der Waals surface area contributed by atoms with Crippen LogP contribution < -0.4 is 0 Å². The molecule has 0 bridgehead atoms. The molecule has 81 heavy (non-hydrogen) atoms. The van der Waals surface area contributed by atoms with E-state index in [0.717, 1.165) is 36.8 Å². The van der Waals surface area contributed by atoms with Gasteiger partial charge < -0.3 is 9.11 Å². The Morgan fingerprint density at radius 1 is 0.222 bits per heavy atom. The van der Waals surface area contributed by atoms with Crippen LogP contribution >= 0.6 is 0 Å². The molecule has 9 heteroatoms. The second-order valence-electron chi connectivity index (χ2n) is 24.8. The summed E-state index contributed by atoms with van der Waals surface area (Å²) in [5.74, 6) is 0. The van der Waals surface area contributed by atoms with Crippen molar-refractivity contribution in [3.8, 4) is 0 Å². The zero-order chi connectivity index (χ0) is 58.0. The third-order valence-corrected chi connectivity index (χ3v) is 18.8. The number of hydrogen-bond acceptors (Lipinski definition) is 6. The molecule has 0 aliphatic carbocycles. The van der Waals surface area contributed by atoms with Crippen LogP contribution in [0.5, 0.6) is 0 Å². The minimum atomic E-state index is -4.33. The SMILES string of the molecule is CCCCCCCCCCCCCCCCCCCCCCCCCCCCCCc1ccc(S(=O)(=O)[O-])cc1.CCCCCCCCCCCCCCCCCCCCCCCCCCCCCCc1ccc(S(=O)(=O)[O-])cc1.[Mg+2]. The van der Waals surface area contributed by atoms with Gasteiger partial charge in [0.15, 0.2) is 0 Å². The van der Waals surface area contributed by atoms with Crippen molar-refractivity contribution in [3.05, 3.63) is 59.7 Å². The van der Waals surface area contributed by atoms with Crippen molar-refractivity contribution < 1.29 is 25.9 Å². The smallest absolute Gasteiger partial charge is 0.744 e. The Hall–Kier alpha value is -0.974. The summed E-state index contributed by atoms with van der Waals surface area (Å²) in [6.07, 6.45) is 80.9. The van der Waals surface area contributed by atoms with Gasteiger partial charge in [-0.3, -0.25) is 0 Å². The Bertz CT molecular complexity index is 1650. The average molecular weight is 1180 g/mol. The maximum absolute atomic E-state index is 11.0. The van der Waals surface area contributed by atoms with Crippen LogP contribution in [0.3, 0.4) is 0 Å². The first-order valence-corrected chi connectivity index (χ1v) is 38.0. The van der Waals surface area contributed by atoms with Gasteiger partial charge >= 0.3 is 23.1 Å². The summed E-state index contributed by atoms with van der Waals surface area (Å²) in [6.45, 7) is 4.59. The molecular formula is C72H130MgO6S2. The molecule has 0 heterocycles. The summed E-state index contributed by atoms with van der Waals surface area (Å²) in [4.78, 5) is -0.265. The molecule has 0 aliphatic heterocycles. The van der Waals surface area contributed by atoms with Gasteiger partial charge in [0.1, 0.15) is 20.2 Å². The minimum absolute atomic E-state index is 0. The number of rotatable bonds is 60. The molecule has 0 saturated heterocycles. The van der Waals surface area contributed by atoms with Crippen molar-refractivity contribution in [3.63, 3.8) is 0 Å². The van der Waals surface area contributed by atoms with E-state index >= 15 is 0 Å². The van der Waals surface area contributed by atoms with E-state index in [1.165, 1.54) is 371 Å². The van der Waals surface area contributed by atoms with Crippen LogP contribution in [0, 0.1) is 0 Å². The molecule has 2 aromatic carbocycles. The Morgan fingerprint density at radius 3 is 0.469 bits per heavy atom. The summed E-state index contributed by atoms with van der Waals surface area (Å²) in [6, 6.07) is 12.8. The Labute approximate surface area is 521 Å². The van der Waals surface area contributed by atoms with Gasteiger partial charge in [0, 0.05) is 0 Å². The van der Waals surface area contributed by atoms with Crippen molar-refractivity contribution >= 4 is 43.3 Å². The van der Waals surface area contributed by atoms with Crippen LogP contribution in [0.1, 0.15) is 385 Å². The fourth-order valence-electron chi connectivity index (χ4n) is 11.6. The predicted octanol–water partition coefficient (Wildman–Crippen LogP) is 23.8. The second-order valence-corrected chi connectivity index (χ2v) is 27.5. The topological polar surface area (TPSA) is 114 Å². The predicted molar refractivity (Wildman–Crippen MR) is 352 cm³/mol. The van der Waals surface area contributed by atoms with Gasteiger partial charge in [0.25, 0.3) is 0 Å². The maximum Gasteiger partial charge on any atom is 2.00 e. The van der Waals surface area contributed by atoms with Crippen molar-refractivity contribution in [2.75, 3.05) is 0 Å². The molecule has 2 rings (SSSR count). The third-order valence-electron chi connectivity index (χ3n) is 17.1. The van der Waals surface area contributed by atoms with Crippen LogP contribution in [0.4, 0.5) is 0 Å². The number of hydrogen-bond donors (Lipinski definition) is 0. The van der Waals surface area contributed by atoms with E-state index in [1.807, 2.05) is 0 Å². The molecule has 0 radical (unpaired) electrons. The monoisotopic (exact) mass is 1180 g/mol. The molecule has 468 valence electrons. The van der Waals surface area contributed by atoms with Gasteiger partial charge in [-0.1, -0.05) is 385 Å². The van der Waals surface area contributed by atoms with Gasteiger partial charge in [-0.2, -0.15) is 0 Å². The first kappa shape index (κ1) is 80.0. The summed E-state index contributed by atoms with van der Waals surface area (Å²) in [5.41, 5.74) is 2.23. The van der Waals surface area contributed by atoms with Crippen LogP contribution in [0.15, 0.2) is 58.3 Å². The van der Waals surface area contributed by atoms with Gasteiger partial charge in [-0.15, -0.1) is 0 Å². The van der Waals surface area contributed by atoms with Crippen molar-refractivity contribution in [1.29, 1.82) is 0 Å². The van der Waals surface area contributed by atoms with Gasteiger partial charge in [-0.25, -0.2) is 16.8 Å². The normalized spacial score (nSPS) is 11.7. The number of unbranched alkanes of at least 4 members (excludes halogenated alkanes) is 54. The van der Waals surface area contributed by atoms with Gasteiger partial charge in [0.05, 0.1) is 9.79 Å². The molecule has 0 saturated carbocycles. The first-order valence-electron chi connectivity index (χ1n) is 35.2. The summed E-state index contributed by atoms with van der Waals surface area (Å²) >= 11 is 0. The van der Waals surface area contributed by atoms with Crippen LogP contribution in [-0.2, 0) is 33.1 Å². The molecular weight excluding hydrogens is 1050 g/mol. The summed E-state index contributed by atoms with van der Waals surface area (Å²) < 4.78 is 65.9. The molecule has 0 N–H and O–H groups in total. The Morgan fingerprint density at radius 2 is 0.346 bits per heavy atom. The van der Waals surface area contributed by atoms with Crippen molar-refractivity contribution in [1.82, 2.24) is 0 Å². The van der Waals surface area contributed by atoms with Crippen molar-refractivity contribution in [2.45, 2.75) is 396 Å². The molecule has 0 aromatic heterocycles. The molecule has 2 aromatic rings. The van der Waals surface area contributed by atoms with E-state index < -0.39 is 20.2 Å². The standard InChI is InChI=1S/2C36H66O3S.Mg/c2*1-2-3-4-5-6-7-8-9-10-11-12-13-14-15-16-17-18-19-20-21-22-23-24-25-26-27-28-29-30-35-31-33-36(34-32-35)40(37,38)39;/h2*31-34H,2-30H2,1H3,(H,37,38,39);/q;;+2/p-2. The van der Waals surface area contributed by atoms with Crippen LogP contribution in [0.25, 0.3) is 0 Å². The van der Waals surface area contributed by atoms with Crippen LogP contribution in [-0.4, -0.2) is 49.0 Å². The Balaban J connectivity index is 0.00000156. The van der Waals surface area contributed by atoms with E-state index in [1.54, 1.807) is 24.3 Å². The van der Waals surface area contributed by atoms with E-state index in [0.29, 0.717) is 0 Å². The van der Waals surface area contributed by atoms with E-state index in [2.05, 4.69) is 13.8 Å². The maximum atomic E-state index is 11.0. The number of aryl methyl sites for hydroxylation is 2.